The maximum Gasteiger partial charge on any atom is 0.409 e. The van der Waals surface area contributed by atoms with Gasteiger partial charge in [-0.3, -0.25) is 9.78 Å². The molecule has 2 aromatic rings. The van der Waals surface area contributed by atoms with E-state index in [1.807, 2.05) is 18.2 Å². The van der Waals surface area contributed by atoms with Crippen LogP contribution in [-0.2, 0) is 11.2 Å². The van der Waals surface area contributed by atoms with E-state index in [9.17, 15) is 9.59 Å². The van der Waals surface area contributed by atoms with E-state index in [0.717, 1.165) is 18.7 Å². The Morgan fingerprint density at radius 1 is 1.17 bits per heavy atom. The number of likely N-dealkylation sites (tertiary alicyclic amines) is 1. The van der Waals surface area contributed by atoms with Gasteiger partial charge in [-0.05, 0) is 49.9 Å². The number of nitrogens with one attached hydrogen (secondary N) is 1. The first-order valence-electron chi connectivity index (χ1n) is 10.2. The summed E-state index contributed by atoms with van der Waals surface area (Å²) < 4.78 is 5.04. The summed E-state index contributed by atoms with van der Waals surface area (Å²) in [7, 11) is 0. The number of nitrogens with zero attached hydrogens (tertiary/aromatic N) is 3. The van der Waals surface area contributed by atoms with Crippen LogP contribution in [0.4, 0.5) is 16.2 Å². The van der Waals surface area contributed by atoms with Crippen LogP contribution in [0, 0.1) is 0 Å². The molecular formula is C22H26N4O3. The quantitative estimate of drug-likeness (QED) is 0.862. The van der Waals surface area contributed by atoms with Crippen LogP contribution in [-0.4, -0.2) is 54.2 Å². The summed E-state index contributed by atoms with van der Waals surface area (Å²) in [6, 6.07) is 12.2. The zero-order chi connectivity index (χ0) is 20.2. The largest absolute Gasteiger partial charge is 0.450 e. The third-order valence-corrected chi connectivity index (χ3v) is 5.53. The number of anilines is 2. The van der Waals surface area contributed by atoms with Crippen molar-refractivity contribution in [3.8, 4) is 0 Å². The Bertz CT molecular complexity index is 893. The Hall–Kier alpha value is -3.09. The van der Waals surface area contributed by atoms with Crippen molar-refractivity contribution in [2.75, 3.05) is 31.1 Å². The number of hydrogen-bond acceptors (Lipinski definition) is 5. The molecule has 2 amide bonds. The van der Waals surface area contributed by atoms with Crippen LogP contribution in [0.2, 0.25) is 0 Å². The number of amides is 2. The Morgan fingerprint density at radius 3 is 2.76 bits per heavy atom. The predicted molar refractivity (Wildman–Crippen MR) is 110 cm³/mol. The fourth-order valence-electron chi connectivity index (χ4n) is 4.00. The number of fused-ring (bicyclic) bond motifs is 1. The van der Waals surface area contributed by atoms with Crippen LogP contribution in [0.15, 0.2) is 42.6 Å². The molecule has 0 aliphatic carbocycles. The number of para-hydroxylation sites is 1. The summed E-state index contributed by atoms with van der Waals surface area (Å²) in [4.78, 5) is 32.7. The third-order valence-electron chi connectivity index (χ3n) is 5.53. The number of benzene rings is 1. The van der Waals surface area contributed by atoms with Crippen LogP contribution in [0.1, 0.15) is 35.8 Å². The minimum Gasteiger partial charge on any atom is -0.450 e. The summed E-state index contributed by atoms with van der Waals surface area (Å²) in [6.07, 6.45) is 3.83. The van der Waals surface area contributed by atoms with Crippen LogP contribution in [0.3, 0.4) is 0 Å². The van der Waals surface area contributed by atoms with Crippen LogP contribution in [0.25, 0.3) is 0 Å². The number of ether oxygens (including phenoxy) is 1. The first-order chi connectivity index (χ1) is 14.2. The van der Waals surface area contributed by atoms with E-state index in [2.05, 4.69) is 33.4 Å². The molecule has 0 unspecified atom stereocenters. The second-order valence-electron chi connectivity index (χ2n) is 7.36. The van der Waals surface area contributed by atoms with Crippen molar-refractivity contribution >= 4 is 23.4 Å². The fourth-order valence-corrected chi connectivity index (χ4v) is 4.00. The van der Waals surface area contributed by atoms with Gasteiger partial charge in [0, 0.05) is 43.2 Å². The predicted octanol–water partition coefficient (Wildman–Crippen LogP) is 3.13. The number of rotatable bonds is 4. The topological polar surface area (TPSA) is 74.8 Å². The number of pyridine rings is 1. The Labute approximate surface area is 170 Å². The lowest BCUT2D eigenvalue weighted by molar-refractivity contribution is 0.0856. The van der Waals surface area contributed by atoms with Gasteiger partial charge in [-0.1, -0.05) is 18.2 Å². The SMILES string of the molecule is CCOC(=O)N1CCC(NC(=O)c2cc(N3CCc4ccccc43)ccn2)CC1. The average Bonchev–Trinajstić information content (AvgIpc) is 3.19. The van der Waals surface area contributed by atoms with Crippen molar-refractivity contribution < 1.29 is 14.3 Å². The van der Waals surface area contributed by atoms with E-state index in [0.29, 0.717) is 38.2 Å². The standard InChI is InChI=1S/C22H26N4O3/c1-2-29-22(28)25-12-9-17(10-13-25)24-21(27)19-15-18(7-11-23-19)26-14-8-16-5-3-4-6-20(16)26/h3-7,11,15,17H,2,8-10,12-14H2,1H3,(H,24,27). The summed E-state index contributed by atoms with van der Waals surface area (Å²) in [6.45, 7) is 4.24. The Kier molecular flexibility index (Phi) is 5.64. The first-order valence-corrected chi connectivity index (χ1v) is 10.2. The van der Waals surface area contributed by atoms with Gasteiger partial charge in [-0.15, -0.1) is 0 Å². The van der Waals surface area contributed by atoms with E-state index in [4.69, 9.17) is 4.74 Å². The summed E-state index contributed by atoms with van der Waals surface area (Å²) in [5.74, 6) is -0.172. The molecule has 0 spiro atoms. The van der Waals surface area contributed by atoms with Gasteiger partial charge in [0.05, 0.1) is 6.61 Å². The van der Waals surface area contributed by atoms with Crippen molar-refractivity contribution in [2.45, 2.75) is 32.2 Å². The summed E-state index contributed by atoms with van der Waals surface area (Å²) in [5.41, 5.74) is 3.91. The molecule has 0 radical (unpaired) electrons. The van der Waals surface area contributed by atoms with Gasteiger partial charge in [-0.25, -0.2) is 4.79 Å². The summed E-state index contributed by atoms with van der Waals surface area (Å²) >= 11 is 0. The van der Waals surface area contributed by atoms with Gasteiger partial charge in [0.1, 0.15) is 5.69 Å². The van der Waals surface area contributed by atoms with Crippen molar-refractivity contribution in [3.05, 3.63) is 53.9 Å². The molecule has 7 nitrogen and oxygen atoms in total. The number of carbonyl (C=O) groups is 2. The van der Waals surface area contributed by atoms with Crippen molar-refractivity contribution in [3.63, 3.8) is 0 Å². The highest BCUT2D eigenvalue weighted by atomic mass is 16.6. The third kappa shape index (κ3) is 4.18. The number of carbonyl (C=O) groups excluding carboxylic acids is 2. The van der Waals surface area contributed by atoms with E-state index < -0.39 is 0 Å². The van der Waals surface area contributed by atoms with Crippen LogP contribution in [0.5, 0.6) is 0 Å². The molecular weight excluding hydrogens is 368 g/mol. The Balaban J connectivity index is 1.38. The number of hydrogen-bond donors (Lipinski definition) is 1. The lowest BCUT2D eigenvalue weighted by Crippen LogP contribution is -2.46. The molecule has 3 heterocycles. The van der Waals surface area contributed by atoms with Gasteiger partial charge < -0.3 is 19.9 Å². The van der Waals surface area contributed by atoms with Gasteiger partial charge in [-0.2, -0.15) is 0 Å². The smallest absolute Gasteiger partial charge is 0.409 e. The minimum atomic E-state index is -0.280. The molecule has 1 aromatic carbocycles. The highest BCUT2D eigenvalue weighted by molar-refractivity contribution is 5.93. The van der Waals surface area contributed by atoms with Crippen molar-refractivity contribution in [1.29, 1.82) is 0 Å². The maximum absolute atomic E-state index is 12.7. The highest BCUT2D eigenvalue weighted by Gasteiger charge is 2.26. The second kappa shape index (κ2) is 8.51. The lowest BCUT2D eigenvalue weighted by atomic mass is 10.1. The molecule has 152 valence electrons. The molecule has 0 saturated carbocycles. The molecule has 2 aliphatic rings. The van der Waals surface area contributed by atoms with Gasteiger partial charge in [0.2, 0.25) is 0 Å². The van der Waals surface area contributed by atoms with Crippen molar-refractivity contribution in [2.24, 2.45) is 0 Å². The molecule has 2 aliphatic heterocycles. The number of piperidine rings is 1. The molecule has 1 N–H and O–H groups in total. The van der Waals surface area contributed by atoms with E-state index in [1.54, 1.807) is 18.0 Å². The minimum absolute atomic E-state index is 0.0335. The average molecular weight is 394 g/mol. The zero-order valence-corrected chi connectivity index (χ0v) is 16.6. The summed E-state index contributed by atoms with van der Waals surface area (Å²) in [5, 5.41) is 3.06. The molecule has 0 bridgehead atoms. The molecule has 0 atom stereocenters. The van der Waals surface area contributed by atoms with E-state index >= 15 is 0 Å². The highest BCUT2D eigenvalue weighted by Crippen LogP contribution is 2.34. The molecule has 1 fully saturated rings. The fraction of sp³-hybridized carbons (Fsp3) is 0.409. The lowest BCUT2D eigenvalue weighted by Gasteiger charge is -2.31. The van der Waals surface area contributed by atoms with E-state index in [-0.39, 0.29) is 18.0 Å². The van der Waals surface area contributed by atoms with Gasteiger partial charge >= 0.3 is 6.09 Å². The van der Waals surface area contributed by atoms with Gasteiger partial charge in [0.25, 0.3) is 5.91 Å². The van der Waals surface area contributed by atoms with E-state index in [1.165, 1.54) is 11.3 Å². The molecule has 1 aromatic heterocycles. The zero-order valence-electron chi connectivity index (χ0n) is 16.6. The first kappa shape index (κ1) is 19.2. The normalized spacial score (nSPS) is 16.4. The van der Waals surface area contributed by atoms with Crippen LogP contribution < -0.4 is 10.2 Å². The Morgan fingerprint density at radius 2 is 1.97 bits per heavy atom. The molecule has 1 saturated heterocycles. The van der Waals surface area contributed by atoms with Gasteiger partial charge in [0.15, 0.2) is 0 Å². The monoisotopic (exact) mass is 394 g/mol. The molecule has 29 heavy (non-hydrogen) atoms. The second-order valence-corrected chi connectivity index (χ2v) is 7.36. The molecule has 7 heteroatoms. The van der Waals surface area contributed by atoms with Crippen LogP contribution >= 0.6 is 0 Å². The van der Waals surface area contributed by atoms with Crippen molar-refractivity contribution in [1.82, 2.24) is 15.2 Å². The molecule has 4 rings (SSSR count). The maximum atomic E-state index is 12.7. The number of aromatic nitrogens is 1.